The van der Waals surface area contributed by atoms with Crippen molar-refractivity contribution in [3.63, 3.8) is 0 Å². The highest BCUT2D eigenvalue weighted by Crippen LogP contribution is 2.32. The third-order valence-electron chi connectivity index (χ3n) is 4.39. The molecule has 0 saturated heterocycles. The normalized spacial score (nSPS) is 11.6. The van der Waals surface area contributed by atoms with Gasteiger partial charge in [0.15, 0.2) is 11.0 Å². The van der Waals surface area contributed by atoms with E-state index in [0.29, 0.717) is 34.7 Å². The van der Waals surface area contributed by atoms with Crippen molar-refractivity contribution in [1.82, 2.24) is 14.8 Å². The van der Waals surface area contributed by atoms with Gasteiger partial charge in [-0.1, -0.05) is 42.1 Å². The molecule has 30 heavy (non-hydrogen) atoms. The maximum Gasteiger partial charge on any atom is 0.237 e. The minimum atomic E-state index is -0.409. The van der Waals surface area contributed by atoms with Crippen LogP contribution in [0, 0.1) is 0 Å². The van der Waals surface area contributed by atoms with Gasteiger partial charge in [0.05, 0.1) is 30.7 Å². The predicted octanol–water partition coefficient (Wildman–Crippen LogP) is 4.27. The number of carbonyl (C=O) groups is 1. The van der Waals surface area contributed by atoms with E-state index in [-0.39, 0.29) is 5.91 Å². The molecule has 7 nitrogen and oxygen atoms in total. The molecule has 0 radical (unpaired) electrons. The summed E-state index contributed by atoms with van der Waals surface area (Å²) in [5.74, 6) is 1.81. The van der Waals surface area contributed by atoms with Crippen molar-refractivity contribution in [2.45, 2.75) is 23.9 Å². The maximum absolute atomic E-state index is 12.7. The van der Waals surface area contributed by atoms with Crippen LogP contribution in [-0.4, -0.2) is 40.1 Å². The molecular weight excluding hydrogens is 400 g/mol. The Labute approximate surface area is 180 Å². The first-order chi connectivity index (χ1) is 14.6. The Bertz CT molecular complexity index is 1030. The van der Waals surface area contributed by atoms with Crippen LogP contribution in [0.25, 0.3) is 11.4 Å². The van der Waals surface area contributed by atoms with Gasteiger partial charge in [-0.3, -0.25) is 9.36 Å². The predicted molar refractivity (Wildman–Crippen MR) is 119 cm³/mol. The van der Waals surface area contributed by atoms with Crippen molar-refractivity contribution >= 4 is 23.4 Å². The standard InChI is InChI=1S/C22H24N4O3S/c1-5-14-26-20(16-10-6-8-12-18(16)28-3)24-25-22(26)30-15(2)21(27)23-17-11-7-9-13-19(17)29-4/h5-13,15H,1,14H2,2-4H3,(H,23,27). The summed E-state index contributed by atoms with van der Waals surface area (Å²) >= 11 is 1.33. The van der Waals surface area contributed by atoms with Gasteiger partial charge in [-0.05, 0) is 31.2 Å². The monoisotopic (exact) mass is 424 g/mol. The molecule has 1 heterocycles. The van der Waals surface area contributed by atoms with Gasteiger partial charge in [0.2, 0.25) is 5.91 Å². The number of anilines is 1. The van der Waals surface area contributed by atoms with Crippen molar-refractivity contribution in [3.8, 4) is 22.9 Å². The van der Waals surface area contributed by atoms with E-state index in [0.717, 1.165) is 5.56 Å². The van der Waals surface area contributed by atoms with E-state index < -0.39 is 5.25 Å². The molecule has 1 N–H and O–H groups in total. The number of nitrogens with one attached hydrogen (secondary N) is 1. The highest BCUT2D eigenvalue weighted by atomic mass is 32.2. The van der Waals surface area contributed by atoms with Crippen LogP contribution in [0.5, 0.6) is 11.5 Å². The molecule has 1 amide bonds. The van der Waals surface area contributed by atoms with Crippen molar-refractivity contribution in [2.75, 3.05) is 19.5 Å². The van der Waals surface area contributed by atoms with Gasteiger partial charge in [0.25, 0.3) is 0 Å². The van der Waals surface area contributed by atoms with Gasteiger partial charge in [-0.15, -0.1) is 16.8 Å². The van der Waals surface area contributed by atoms with E-state index in [1.54, 1.807) is 32.4 Å². The summed E-state index contributed by atoms with van der Waals surface area (Å²) < 4.78 is 12.7. The van der Waals surface area contributed by atoms with Crippen LogP contribution in [0.2, 0.25) is 0 Å². The Hall–Kier alpha value is -3.26. The fourth-order valence-corrected chi connectivity index (χ4v) is 3.75. The molecule has 1 atom stereocenters. The first-order valence-electron chi connectivity index (χ1n) is 9.37. The van der Waals surface area contributed by atoms with E-state index in [1.165, 1.54) is 11.8 Å². The van der Waals surface area contributed by atoms with Crippen molar-refractivity contribution in [1.29, 1.82) is 0 Å². The Morgan fingerprint density at radius 1 is 1.13 bits per heavy atom. The summed E-state index contributed by atoms with van der Waals surface area (Å²) in [6, 6.07) is 14.9. The van der Waals surface area contributed by atoms with Crippen molar-refractivity contribution in [2.24, 2.45) is 0 Å². The molecule has 1 unspecified atom stereocenters. The molecule has 3 rings (SSSR count). The van der Waals surface area contributed by atoms with E-state index in [2.05, 4.69) is 22.1 Å². The quantitative estimate of drug-likeness (QED) is 0.408. The third kappa shape index (κ3) is 4.65. The molecule has 0 saturated carbocycles. The van der Waals surface area contributed by atoms with Gasteiger partial charge in [0, 0.05) is 6.54 Å². The summed E-state index contributed by atoms with van der Waals surface area (Å²) in [7, 11) is 3.19. The van der Waals surface area contributed by atoms with Crippen LogP contribution < -0.4 is 14.8 Å². The van der Waals surface area contributed by atoms with Crippen LogP contribution in [0.15, 0.2) is 66.3 Å². The second-order valence-electron chi connectivity index (χ2n) is 6.36. The topological polar surface area (TPSA) is 78.3 Å². The van der Waals surface area contributed by atoms with Crippen LogP contribution in [0.3, 0.4) is 0 Å². The number of benzene rings is 2. The highest BCUT2D eigenvalue weighted by molar-refractivity contribution is 8.00. The lowest BCUT2D eigenvalue weighted by atomic mass is 10.2. The summed E-state index contributed by atoms with van der Waals surface area (Å²) in [6.45, 7) is 6.16. The molecule has 8 heteroatoms. The number of rotatable bonds is 9. The lowest BCUT2D eigenvalue weighted by molar-refractivity contribution is -0.115. The smallest absolute Gasteiger partial charge is 0.237 e. The molecular formula is C22H24N4O3S. The largest absolute Gasteiger partial charge is 0.496 e. The molecule has 0 bridgehead atoms. The average molecular weight is 425 g/mol. The number of allylic oxidation sites excluding steroid dienone is 1. The number of aromatic nitrogens is 3. The number of para-hydroxylation sites is 3. The number of nitrogens with zero attached hydrogens (tertiary/aromatic N) is 3. The Balaban J connectivity index is 1.83. The summed E-state index contributed by atoms with van der Waals surface area (Å²) in [4.78, 5) is 12.7. The van der Waals surface area contributed by atoms with Gasteiger partial charge < -0.3 is 14.8 Å². The molecule has 0 aliphatic carbocycles. The number of carbonyl (C=O) groups excluding carboxylic acids is 1. The van der Waals surface area contributed by atoms with Crippen molar-refractivity contribution < 1.29 is 14.3 Å². The third-order valence-corrected chi connectivity index (χ3v) is 5.47. The molecule has 156 valence electrons. The molecule has 0 aliphatic heterocycles. The molecule has 3 aromatic rings. The fraction of sp³-hybridized carbons (Fsp3) is 0.227. The zero-order valence-electron chi connectivity index (χ0n) is 17.2. The number of thioether (sulfide) groups is 1. The summed E-state index contributed by atoms with van der Waals surface area (Å²) in [5.41, 5.74) is 1.45. The Morgan fingerprint density at radius 3 is 2.50 bits per heavy atom. The zero-order valence-corrected chi connectivity index (χ0v) is 18.0. The Kier molecular flexibility index (Phi) is 7.13. The molecule has 2 aromatic carbocycles. The Morgan fingerprint density at radius 2 is 1.80 bits per heavy atom. The van der Waals surface area contributed by atoms with Gasteiger partial charge in [-0.2, -0.15) is 0 Å². The second kappa shape index (κ2) is 9.98. The van der Waals surface area contributed by atoms with Gasteiger partial charge in [-0.25, -0.2) is 0 Å². The number of methoxy groups -OCH3 is 2. The summed E-state index contributed by atoms with van der Waals surface area (Å²) in [6.07, 6.45) is 1.77. The maximum atomic E-state index is 12.7. The number of hydrogen-bond donors (Lipinski definition) is 1. The lowest BCUT2D eigenvalue weighted by Gasteiger charge is -2.15. The van der Waals surface area contributed by atoms with Crippen LogP contribution in [-0.2, 0) is 11.3 Å². The minimum absolute atomic E-state index is 0.156. The average Bonchev–Trinajstić information content (AvgIpc) is 3.16. The fourth-order valence-electron chi connectivity index (χ4n) is 2.89. The first kappa shape index (κ1) is 21.4. The van der Waals surface area contributed by atoms with E-state index >= 15 is 0 Å². The summed E-state index contributed by atoms with van der Waals surface area (Å²) in [5, 5.41) is 11.8. The minimum Gasteiger partial charge on any atom is -0.496 e. The van der Waals surface area contributed by atoms with E-state index in [4.69, 9.17) is 9.47 Å². The zero-order chi connectivity index (χ0) is 21.5. The molecule has 1 aromatic heterocycles. The molecule has 0 fully saturated rings. The molecule has 0 spiro atoms. The van der Waals surface area contributed by atoms with Crippen LogP contribution in [0.4, 0.5) is 5.69 Å². The second-order valence-corrected chi connectivity index (χ2v) is 7.66. The number of hydrogen-bond acceptors (Lipinski definition) is 6. The number of ether oxygens (including phenoxy) is 2. The van der Waals surface area contributed by atoms with E-state index in [1.807, 2.05) is 47.9 Å². The first-order valence-corrected chi connectivity index (χ1v) is 10.2. The highest BCUT2D eigenvalue weighted by Gasteiger charge is 2.22. The van der Waals surface area contributed by atoms with Crippen LogP contribution >= 0.6 is 11.8 Å². The SMILES string of the molecule is C=CCn1c(SC(C)C(=O)Nc2ccccc2OC)nnc1-c1ccccc1OC. The van der Waals surface area contributed by atoms with Crippen molar-refractivity contribution in [3.05, 3.63) is 61.2 Å². The van der Waals surface area contributed by atoms with Gasteiger partial charge in [0.1, 0.15) is 11.5 Å². The van der Waals surface area contributed by atoms with Crippen LogP contribution in [0.1, 0.15) is 6.92 Å². The molecule has 0 aliphatic rings. The number of amides is 1. The lowest BCUT2D eigenvalue weighted by Crippen LogP contribution is -2.23. The van der Waals surface area contributed by atoms with E-state index in [9.17, 15) is 4.79 Å². The van der Waals surface area contributed by atoms with Gasteiger partial charge >= 0.3 is 0 Å².